The van der Waals surface area contributed by atoms with Crippen LogP contribution in [0.25, 0.3) is 0 Å². The highest BCUT2D eigenvalue weighted by molar-refractivity contribution is 5.23. The van der Waals surface area contributed by atoms with Crippen LogP contribution in [0.15, 0.2) is 12.4 Å². The number of fused-ring (bicyclic) bond motifs is 5. The fourth-order valence-corrected chi connectivity index (χ4v) is 9.81. The van der Waals surface area contributed by atoms with E-state index in [1.54, 1.807) is 6.20 Å². The zero-order chi connectivity index (χ0) is 22.5. The standard InChI is InChI=1S/C27H39N3O2/c1-16-11-22(27(4)24(32-27)30-15-17(13-28)14-29-30)26(3)10-8-20-19-7-9-25(2,31)12-18(19)5-6-21(20)23(16)26/h14-16,18-24,31H,5-12H2,1-4H3/t16-,18-,19+,20-,21-,22+,23+,24?,25-,26-,27?/m1/s1. The first-order valence-electron chi connectivity index (χ1n) is 13.0. The molecular weight excluding hydrogens is 398 g/mol. The quantitative estimate of drug-likeness (QED) is 0.637. The van der Waals surface area contributed by atoms with Gasteiger partial charge >= 0.3 is 0 Å². The highest BCUT2D eigenvalue weighted by atomic mass is 16.6. The molecule has 174 valence electrons. The van der Waals surface area contributed by atoms with Gasteiger partial charge in [0.1, 0.15) is 11.7 Å². The third-order valence-corrected chi connectivity index (χ3v) is 11.0. The molecule has 1 aliphatic heterocycles. The zero-order valence-corrected chi connectivity index (χ0v) is 20.1. The average Bonchev–Trinajstić information content (AvgIpc) is 3.09. The number of rotatable bonds is 2. The van der Waals surface area contributed by atoms with E-state index in [0.717, 1.165) is 48.3 Å². The summed E-state index contributed by atoms with van der Waals surface area (Å²) < 4.78 is 8.28. The molecule has 5 fully saturated rings. The number of aromatic nitrogens is 2. The molecule has 1 aromatic rings. The average molecular weight is 438 g/mol. The molecule has 5 nitrogen and oxygen atoms in total. The highest BCUT2D eigenvalue weighted by Gasteiger charge is 2.70. The van der Waals surface area contributed by atoms with Gasteiger partial charge in [0.05, 0.1) is 17.4 Å². The lowest BCUT2D eigenvalue weighted by molar-refractivity contribution is -0.109. The Morgan fingerprint density at radius 2 is 1.91 bits per heavy atom. The van der Waals surface area contributed by atoms with Gasteiger partial charge in [-0.1, -0.05) is 13.8 Å². The summed E-state index contributed by atoms with van der Waals surface area (Å²) in [4.78, 5) is 0. The molecule has 1 saturated heterocycles. The summed E-state index contributed by atoms with van der Waals surface area (Å²) in [5.41, 5.74) is 0.315. The predicted octanol–water partition coefficient (Wildman–Crippen LogP) is 5.31. The van der Waals surface area contributed by atoms with Crippen LogP contribution in [0.4, 0.5) is 0 Å². The Hall–Kier alpha value is -1.38. The van der Waals surface area contributed by atoms with Crippen molar-refractivity contribution in [3.05, 3.63) is 18.0 Å². The van der Waals surface area contributed by atoms with Gasteiger partial charge in [0.2, 0.25) is 0 Å². The van der Waals surface area contributed by atoms with Crippen molar-refractivity contribution in [3.63, 3.8) is 0 Å². The van der Waals surface area contributed by atoms with Gasteiger partial charge in [0, 0.05) is 6.20 Å². The van der Waals surface area contributed by atoms with Crippen LogP contribution < -0.4 is 0 Å². The molecule has 0 amide bonds. The van der Waals surface area contributed by atoms with E-state index >= 15 is 0 Å². The van der Waals surface area contributed by atoms with E-state index in [2.05, 4.69) is 38.9 Å². The van der Waals surface area contributed by atoms with Gasteiger partial charge in [0.15, 0.2) is 6.23 Å². The molecule has 1 aromatic heterocycles. The predicted molar refractivity (Wildman–Crippen MR) is 121 cm³/mol. The van der Waals surface area contributed by atoms with Crippen LogP contribution in [0.1, 0.15) is 90.9 Å². The van der Waals surface area contributed by atoms with Crippen molar-refractivity contribution in [1.82, 2.24) is 9.78 Å². The molecule has 6 rings (SSSR count). The number of aliphatic hydroxyl groups is 1. The first-order valence-corrected chi connectivity index (χ1v) is 13.0. The molecule has 11 atom stereocenters. The summed E-state index contributed by atoms with van der Waals surface area (Å²) in [7, 11) is 0. The van der Waals surface area contributed by atoms with Gasteiger partial charge < -0.3 is 9.84 Å². The van der Waals surface area contributed by atoms with Gasteiger partial charge in [-0.05, 0) is 112 Å². The number of epoxide rings is 1. The number of hydrogen-bond donors (Lipinski definition) is 1. The van der Waals surface area contributed by atoms with Crippen LogP contribution in [0.2, 0.25) is 0 Å². The maximum atomic E-state index is 10.7. The molecule has 0 aromatic carbocycles. The molecule has 2 unspecified atom stereocenters. The van der Waals surface area contributed by atoms with Crippen molar-refractivity contribution in [1.29, 1.82) is 5.26 Å². The van der Waals surface area contributed by atoms with Crippen LogP contribution in [-0.4, -0.2) is 26.1 Å². The van der Waals surface area contributed by atoms with Crippen LogP contribution in [0.5, 0.6) is 0 Å². The van der Waals surface area contributed by atoms with Crippen molar-refractivity contribution in [2.45, 2.75) is 96.5 Å². The van der Waals surface area contributed by atoms with E-state index in [-0.39, 0.29) is 11.8 Å². The molecule has 5 aliphatic rings. The third-order valence-electron chi connectivity index (χ3n) is 11.0. The first kappa shape index (κ1) is 21.2. The highest BCUT2D eigenvalue weighted by Crippen LogP contribution is 2.71. The lowest BCUT2D eigenvalue weighted by Gasteiger charge is -2.58. The van der Waals surface area contributed by atoms with E-state index in [1.807, 2.05) is 10.9 Å². The van der Waals surface area contributed by atoms with Crippen molar-refractivity contribution < 1.29 is 9.84 Å². The van der Waals surface area contributed by atoms with Crippen molar-refractivity contribution in [2.24, 2.45) is 46.8 Å². The van der Waals surface area contributed by atoms with Gasteiger partial charge in [-0.2, -0.15) is 10.4 Å². The molecule has 1 N–H and O–H groups in total. The lowest BCUT2D eigenvalue weighted by Crippen LogP contribution is -2.52. The molecule has 0 radical (unpaired) electrons. The topological polar surface area (TPSA) is 74.4 Å². The Labute approximate surface area is 192 Å². The molecule has 4 aliphatic carbocycles. The van der Waals surface area contributed by atoms with Crippen molar-refractivity contribution in [3.8, 4) is 6.07 Å². The third kappa shape index (κ3) is 2.91. The fourth-order valence-electron chi connectivity index (χ4n) is 9.81. The number of nitriles is 1. The van der Waals surface area contributed by atoms with E-state index in [9.17, 15) is 10.4 Å². The molecule has 2 heterocycles. The Balaban J connectivity index is 1.24. The Morgan fingerprint density at radius 3 is 2.66 bits per heavy atom. The van der Waals surface area contributed by atoms with E-state index < -0.39 is 5.60 Å². The SMILES string of the molecule is C[C@@H]1C[C@H](C2(C)OC2n2cc(C#N)cn2)[C@@]2(C)CC[C@H]3[C@@H](CC[C@@H]4C[C@](C)(O)CC[C@@H]43)[C@H]12. The largest absolute Gasteiger partial charge is 0.390 e. The smallest absolute Gasteiger partial charge is 0.179 e. The zero-order valence-electron chi connectivity index (χ0n) is 20.1. The molecule has 4 saturated carbocycles. The summed E-state index contributed by atoms with van der Waals surface area (Å²) in [6, 6.07) is 2.19. The second-order valence-electron chi connectivity index (χ2n) is 12.9. The summed E-state index contributed by atoms with van der Waals surface area (Å²) in [5.74, 6) is 5.32. The maximum absolute atomic E-state index is 10.7. The number of ether oxygens (including phenoxy) is 1. The Bertz CT molecular complexity index is 949. The minimum Gasteiger partial charge on any atom is -0.390 e. The van der Waals surface area contributed by atoms with E-state index in [1.165, 1.54) is 38.5 Å². The van der Waals surface area contributed by atoms with Crippen LogP contribution in [0, 0.1) is 58.2 Å². The van der Waals surface area contributed by atoms with Gasteiger partial charge in [-0.15, -0.1) is 0 Å². The monoisotopic (exact) mass is 437 g/mol. The van der Waals surface area contributed by atoms with Crippen molar-refractivity contribution >= 4 is 0 Å². The summed E-state index contributed by atoms with van der Waals surface area (Å²) in [5, 5.41) is 24.3. The summed E-state index contributed by atoms with van der Waals surface area (Å²) in [6.07, 6.45) is 13.2. The first-order chi connectivity index (χ1) is 15.2. The molecule has 0 bridgehead atoms. The second-order valence-corrected chi connectivity index (χ2v) is 12.9. The van der Waals surface area contributed by atoms with Crippen LogP contribution in [0.3, 0.4) is 0 Å². The Kier molecular flexibility index (Phi) is 4.52. The molecule has 0 spiro atoms. The maximum Gasteiger partial charge on any atom is 0.179 e. The number of nitrogens with zero attached hydrogens (tertiary/aromatic N) is 3. The Morgan fingerprint density at radius 1 is 1.12 bits per heavy atom. The van der Waals surface area contributed by atoms with Gasteiger partial charge in [0.25, 0.3) is 0 Å². The second kappa shape index (κ2) is 6.83. The van der Waals surface area contributed by atoms with Crippen LogP contribution >= 0.6 is 0 Å². The van der Waals surface area contributed by atoms with Crippen molar-refractivity contribution in [2.75, 3.05) is 0 Å². The summed E-state index contributed by atoms with van der Waals surface area (Å²) in [6.45, 7) is 9.44. The van der Waals surface area contributed by atoms with E-state index in [4.69, 9.17) is 4.74 Å². The molecule has 32 heavy (non-hydrogen) atoms. The molecule has 5 heteroatoms. The van der Waals surface area contributed by atoms with Crippen LogP contribution in [-0.2, 0) is 4.74 Å². The summed E-state index contributed by atoms with van der Waals surface area (Å²) >= 11 is 0. The fraction of sp³-hybridized carbons (Fsp3) is 0.852. The molecular formula is C27H39N3O2. The lowest BCUT2D eigenvalue weighted by atomic mass is 9.48. The van der Waals surface area contributed by atoms with Gasteiger partial charge in [-0.3, -0.25) is 0 Å². The van der Waals surface area contributed by atoms with E-state index in [0.29, 0.717) is 16.9 Å². The minimum absolute atomic E-state index is 0.0357. The number of hydrogen-bond acceptors (Lipinski definition) is 4. The normalized spacial score (nSPS) is 54.2. The minimum atomic E-state index is -0.437. The van der Waals surface area contributed by atoms with Gasteiger partial charge in [-0.25, -0.2) is 4.68 Å².